The van der Waals surface area contributed by atoms with E-state index in [0.29, 0.717) is 0 Å². The standard InChI is InChI=1S/C6H8O2/c7-4-5-2-1-3-6(5)8/h1,3,5,7H,2,4H2/t5-/m1/s1. The maximum atomic E-state index is 10.6. The van der Waals surface area contributed by atoms with Crippen molar-refractivity contribution < 1.29 is 9.90 Å². The van der Waals surface area contributed by atoms with Crippen molar-refractivity contribution in [3.8, 4) is 0 Å². The first-order chi connectivity index (χ1) is 3.84. The Morgan fingerprint density at radius 2 is 2.62 bits per heavy atom. The van der Waals surface area contributed by atoms with Crippen LogP contribution in [-0.2, 0) is 4.79 Å². The molecule has 0 aromatic heterocycles. The zero-order valence-electron chi connectivity index (χ0n) is 4.50. The predicted molar refractivity (Wildman–Crippen MR) is 29.3 cm³/mol. The van der Waals surface area contributed by atoms with Gasteiger partial charge in [0.1, 0.15) is 0 Å². The second-order valence-electron chi connectivity index (χ2n) is 1.92. The molecule has 0 bridgehead atoms. The monoisotopic (exact) mass is 112 g/mol. The van der Waals surface area contributed by atoms with Crippen LogP contribution >= 0.6 is 0 Å². The van der Waals surface area contributed by atoms with E-state index >= 15 is 0 Å². The Hall–Kier alpha value is -0.630. The van der Waals surface area contributed by atoms with Gasteiger partial charge in [-0.1, -0.05) is 6.08 Å². The highest BCUT2D eigenvalue weighted by Crippen LogP contribution is 2.12. The van der Waals surface area contributed by atoms with Crippen LogP contribution in [0.1, 0.15) is 6.42 Å². The smallest absolute Gasteiger partial charge is 0.161 e. The number of rotatable bonds is 1. The fourth-order valence-corrected chi connectivity index (χ4v) is 0.765. The Kier molecular flexibility index (Phi) is 1.44. The molecule has 2 nitrogen and oxygen atoms in total. The van der Waals surface area contributed by atoms with E-state index in [0.717, 1.165) is 6.42 Å². The lowest BCUT2D eigenvalue weighted by Gasteiger charge is -1.98. The molecular weight excluding hydrogens is 104 g/mol. The molecule has 0 amide bonds. The largest absolute Gasteiger partial charge is 0.396 e. The average Bonchev–Trinajstić information content (AvgIpc) is 2.14. The molecule has 1 aliphatic rings. The van der Waals surface area contributed by atoms with Crippen molar-refractivity contribution in [1.29, 1.82) is 0 Å². The minimum Gasteiger partial charge on any atom is -0.396 e. The predicted octanol–water partition coefficient (Wildman–Crippen LogP) is 0.124. The molecule has 1 N–H and O–H groups in total. The van der Waals surface area contributed by atoms with Crippen molar-refractivity contribution in [3.05, 3.63) is 12.2 Å². The Bertz CT molecular complexity index is 126. The van der Waals surface area contributed by atoms with Gasteiger partial charge in [-0.15, -0.1) is 0 Å². The van der Waals surface area contributed by atoms with Crippen LogP contribution in [0.25, 0.3) is 0 Å². The normalized spacial score (nSPS) is 27.1. The summed E-state index contributed by atoms with van der Waals surface area (Å²) in [5, 5.41) is 8.48. The molecule has 0 saturated heterocycles. The fourth-order valence-electron chi connectivity index (χ4n) is 0.765. The highest BCUT2D eigenvalue weighted by molar-refractivity contribution is 5.94. The van der Waals surface area contributed by atoms with Crippen LogP contribution in [0.4, 0.5) is 0 Å². The number of ketones is 1. The van der Waals surface area contributed by atoms with E-state index in [9.17, 15) is 4.79 Å². The van der Waals surface area contributed by atoms with Gasteiger partial charge in [0.05, 0.1) is 6.61 Å². The van der Waals surface area contributed by atoms with Crippen LogP contribution in [0.3, 0.4) is 0 Å². The molecule has 2 heteroatoms. The van der Waals surface area contributed by atoms with E-state index < -0.39 is 0 Å². The van der Waals surface area contributed by atoms with Crippen LogP contribution < -0.4 is 0 Å². The molecule has 0 fully saturated rings. The summed E-state index contributed by atoms with van der Waals surface area (Å²) in [5.74, 6) is -0.0671. The van der Waals surface area contributed by atoms with Gasteiger partial charge in [0.25, 0.3) is 0 Å². The summed E-state index contributed by atoms with van der Waals surface area (Å²) in [6.07, 6.45) is 4.04. The highest BCUT2D eigenvalue weighted by Gasteiger charge is 2.17. The van der Waals surface area contributed by atoms with E-state index in [-0.39, 0.29) is 18.3 Å². The van der Waals surface area contributed by atoms with E-state index in [4.69, 9.17) is 5.11 Å². The summed E-state index contributed by atoms with van der Waals surface area (Å²) in [5.41, 5.74) is 0. The van der Waals surface area contributed by atoms with Crippen molar-refractivity contribution in [3.63, 3.8) is 0 Å². The maximum Gasteiger partial charge on any atom is 0.161 e. The second-order valence-corrected chi connectivity index (χ2v) is 1.92. The highest BCUT2D eigenvalue weighted by atomic mass is 16.3. The summed E-state index contributed by atoms with van der Waals surface area (Å²) in [7, 11) is 0. The van der Waals surface area contributed by atoms with Crippen LogP contribution in [0, 0.1) is 5.92 Å². The summed E-state index contributed by atoms with van der Waals surface area (Å²) in [6, 6.07) is 0. The fraction of sp³-hybridized carbons (Fsp3) is 0.500. The molecule has 44 valence electrons. The van der Waals surface area contributed by atoms with E-state index in [1.807, 2.05) is 0 Å². The zero-order valence-corrected chi connectivity index (χ0v) is 4.50. The third kappa shape index (κ3) is 0.793. The van der Waals surface area contributed by atoms with E-state index in [2.05, 4.69) is 0 Å². The molecular formula is C6H8O2. The van der Waals surface area contributed by atoms with E-state index in [1.165, 1.54) is 6.08 Å². The first-order valence-corrected chi connectivity index (χ1v) is 2.66. The molecule has 0 aliphatic heterocycles. The van der Waals surface area contributed by atoms with Crippen molar-refractivity contribution in [2.75, 3.05) is 6.61 Å². The molecule has 1 atom stereocenters. The molecule has 0 unspecified atom stereocenters. The Labute approximate surface area is 47.8 Å². The maximum absolute atomic E-state index is 10.6. The molecule has 0 spiro atoms. The molecule has 8 heavy (non-hydrogen) atoms. The summed E-state index contributed by atoms with van der Waals surface area (Å²) < 4.78 is 0. The number of hydrogen-bond donors (Lipinski definition) is 1. The molecule has 0 aromatic carbocycles. The molecule has 0 radical (unpaired) electrons. The lowest BCUT2D eigenvalue weighted by atomic mass is 10.1. The minimum absolute atomic E-state index is 0.00810. The first kappa shape index (κ1) is 5.51. The van der Waals surface area contributed by atoms with Gasteiger partial charge in [0, 0.05) is 5.92 Å². The van der Waals surface area contributed by atoms with Crippen LogP contribution in [0.2, 0.25) is 0 Å². The Morgan fingerprint density at radius 1 is 1.88 bits per heavy atom. The Balaban J connectivity index is 2.51. The third-order valence-corrected chi connectivity index (χ3v) is 1.33. The van der Waals surface area contributed by atoms with Crippen molar-refractivity contribution in [2.45, 2.75) is 6.42 Å². The summed E-state index contributed by atoms with van der Waals surface area (Å²) in [6.45, 7) is -0.00810. The van der Waals surface area contributed by atoms with Crippen LogP contribution in [0.5, 0.6) is 0 Å². The van der Waals surface area contributed by atoms with Gasteiger partial charge in [-0.25, -0.2) is 0 Å². The third-order valence-electron chi connectivity index (χ3n) is 1.33. The van der Waals surface area contributed by atoms with Crippen molar-refractivity contribution in [2.24, 2.45) is 5.92 Å². The van der Waals surface area contributed by atoms with Gasteiger partial charge >= 0.3 is 0 Å². The molecule has 1 rings (SSSR count). The van der Waals surface area contributed by atoms with Gasteiger partial charge in [0.2, 0.25) is 0 Å². The van der Waals surface area contributed by atoms with Crippen molar-refractivity contribution >= 4 is 5.78 Å². The topological polar surface area (TPSA) is 37.3 Å². The van der Waals surface area contributed by atoms with Gasteiger partial charge < -0.3 is 5.11 Å². The Morgan fingerprint density at radius 3 is 2.88 bits per heavy atom. The zero-order chi connectivity index (χ0) is 5.98. The van der Waals surface area contributed by atoms with Gasteiger partial charge in [-0.3, -0.25) is 4.79 Å². The minimum atomic E-state index is -0.130. The number of aliphatic hydroxyl groups excluding tert-OH is 1. The van der Waals surface area contributed by atoms with Crippen molar-refractivity contribution in [1.82, 2.24) is 0 Å². The second kappa shape index (κ2) is 2.09. The SMILES string of the molecule is O=C1C=CC[C@@H]1CO. The number of carbonyl (C=O) groups excluding carboxylic acids is 1. The lowest BCUT2D eigenvalue weighted by molar-refractivity contribution is -0.118. The first-order valence-electron chi connectivity index (χ1n) is 2.66. The molecule has 0 aromatic rings. The summed E-state index contributed by atoms with van der Waals surface area (Å²) >= 11 is 0. The lowest BCUT2D eigenvalue weighted by Crippen LogP contribution is -2.10. The van der Waals surface area contributed by atoms with Gasteiger partial charge in [-0.2, -0.15) is 0 Å². The van der Waals surface area contributed by atoms with Crippen LogP contribution in [0.15, 0.2) is 12.2 Å². The quantitative estimate of drug-likeness (QED) is 0.523. The van der Waals surface area contributed by atoms with Crippen LogP contribution in [-0.4, -0.2) is 17.5 Å². The number of hydrogen-bond acceptors (Lipinski definition) is 2. The van der Waals surface area contributed by atoms with E-state index in [1.54, 1.807) is 6.08 Å². The number of allylic oxidation sites excluding steroid dienone is 2. The molecule has 0 saturated carbocycles. The molecule has 1 aliphatic carbocycles. The molecule has 0 heterocycles. The van der Waals surface area contributed by atoms with Gasteiger partial charge in [0.15, 0.2) is 5.78 Å². The average molecular weight is 112 g/mol. The summed E-state index contributed by atoms with van der Waals surface area (Å²) in [4.78, 5) is 10.6. The number of carbonyl (C=O) groups is 1. The van der Waals surface area contributed by atoms with Gasteiger partial charge in [-0.05, 0) is 12.5 Å². The number of aliphatic hydroxyl groups is 1.